The number of aromatic nitrogens is 2. The van der Waals surface area contributed by atoms with Crippen LogP contribution in [0.1, 0.15) is 56.9 Å². The predicted octanol–water partition coefficient (Wildman–Crippen LogP) is 2.93. The van der Waals surface area contributed by atoms with Gasteiger partial charge in [0.25, 0.3) is 0 Å². The van der Waals surface area contributed by atoms with Gasteiger partial charge in [0.05, 0.1) is 17.7 Å². The first-order chi connectivity index (χ1) is 18.1. The number of urea groups is 1. The molecule has 3 amide bonds. The summed E-state index contributed by atoms with van der Waals surface area (Å²) in [7, 11) is 4.25. The summed E-state index contributed by atoms with van der Waals surface area (Å²) in [5.74, 6) is -0.521. The molecule has 204 valence electrons. The van der Waals surface area contributed by atoms with Gasteiger partial charge in [-0.25, -0.2) is 9.78 Å². The van der Waals surface area contributed by atoms with Crippen molar-refractivity contribution in [2.45, 2.75) is 68.0 Å². The summed E-state index contributed by atoms with van der Waals surface area (Å²) in [4.78, 5) is 40.0. The van der Waals surface area contributed by atoms with Crippen molar-refractivity contribution in [3.05, 3.63) is 48.2 Å². The van der Waals surface area contributed by atoms with Gasteiger partial charge in [0, 0.05) is 37.3 Å². The van der Waals surface area contributed by atoms with Gasteiger partial charge in [-0.05, 0) is 64.6 Å². The zero-order chi connectivity index (χ0) is 27.0. The number of β-amino-alcohol motifs (C(OH)–C–C–N with tert-alkyl or cyclic N) is 1. The fourth-order valence-corrected chi connectivity index (χ4v) is 6.46. The third-order valence-corrected chi connectivity index (χ3v) is 8.97. The molecule has 10 heteroatoms. The smallest absolute Gasteiger partial charge is 0.320 e. The van der Waals surface area contributed by atoms with Crippen LogP contribution in [0.15, 0.2) is 42.6 Å². The van der Waals surface area contributed by atoms with E-state index in [-0.39, 0.29) is 47.8 Å². The maximum absolute atomic E-state index is 13.7. The molecule has 1 aromatic heterocycles. The van der Waals surface area contributed by atoms with Gasteiger partial charge in [-0.1, -0.05) is 30.3 Å². The lowest BCUT2D eigenvalue weighted by atomic mass is 9.67. The van der Waals surface area contributed by atoms with E-state index < -0.39 is 5.60 Å². The van der Waals surface area contributed by atoms with E-state index in [0.717, 1.165) is 32.1 Å². The van der Waals surface area contributed by atoms with Crippen LogP contribution < -0.4 is 5.32 Å². The fourth-order valence-electron chi connectivity index (χ4n) is 6.46. The average molecular weight is 523 g/mol. The van der Waals surface area contributed by atoms with Crippen molar-refractivity contribution in [3.8, 4) is 5.88 Å². The van der Waals surface area contributed by atoms with Gasteiger partial charge in [-0.2, -0.15) is 4.98 Å². The van der Waals surface area contributed by atoms with Crippen molar-refractivity contribution < 1.29 is 19.8 Å². The molecule has 0 bridgehead atoms. The highest BCUT2D eigenvalue weighted by atomic mass is 16.3. The van der Waals surface area contributed by atoms with Crippen molar-refractivity contribution in [2.75, 3.05) is 39.0 Å². The molecule has 1 aliphatic heterocycles. The zero-order valence-electron chi connectivity index (χ0n) is 22.3. The number of hydrogen-bond donors (Lipinski definition) is 3. The number of benzene rings is 1. The first-order valence-corrected chi connectivity index (χ1v) is 13.5. The molecule has 3 N–H and O–H groups in total. The summed E-state index contributed by atoms with van der Waals surface area (Å²) in [6.07, 6.45) is 7.29. The van der Waals surface area contributed by atoms with Crippen LogP contribution in [0.4, 0.5) is 10.7 Å². The number of nitrogens with one attached hydrogen (secondary N) is 1. The number of aliphatic hydroxyl groups is 1. The normalized spacial score (nSPS) is 26.6. The standard InChI is InChI=1S/C28H38N6O4/c1-32(2)28(21-7-4-3-5-8-21)15-13-26(14-16-28)19-33(25(37)34(26)20-27(38)11-6-12-27)18-10-23(36)31-24-29-17-9-22(35)30-24/h3-5,7-9,17,38H,6,10-16,18-20H2,1-2H3,(H2,29,30,31,35,36)/t26-,28-. The number of hydrogen-bond acceptors (Lipinski definition) is 7. The monoisotopic (exact) mass is 522 g/mol. The Morgan fingerprint density at radius 3 is 2.39 bits per heavy atom. The number of amides is 3. The minimum atomic E-state index is -0.821. The van der Waals surface area contributed by atoms with E-state index in [0.29, 0.717) is 25.9 Å². The largest absolute Gasteiger partial charge is 0.493 e. The van der Waals surface area contributed by atoms with Crippen LogP contribution in [0.3, 0.4) is 0 Å². The lowest BCUT2D eigenvalue weighted by Crippen LogP contribution is -2.59. The van der Waals surface area contributed by atoms with Gasteiger partial charge in [0.1, 0.15) is 0 Å². The number of carbonyl (C=O) groups is 2. The zero-order valence-corrected chi connectivity index (χ0v) is 22.3. The van der Waals surface area contributed by atoms with Gasteiger partial charge in [-0.3, -0.25) is 15.0 Å². The quantitative estimate of drug-likeness (QED) is 0.487. The molecule has 5 rings (SSSR count). The number of aromatic hydroxyl groups is 1. The fraction of sp³-hybridized carbons (Fsp3) is 0.571. The second-order valence-electron chi connectivity index (χ2n) is 11.4. The minimum Gasteiger partial charge on any atom is -0.493 e. The highest BCUT2D eigenvalue weighted by Crippen LogP contribution is 2.50. The van der Waals surface area contributed by atoms with E-state index in [9.17, 15) is 19.8 Å². The Labute approximate surface area is 223 Å². The van der Waals surface area contributed by atoms with Crippen LogP contribution >= 0.6 is 0 Å². The van der Waals surface area contributed by atoms with Gasteiger partial charge in [0.15, 0.2) is 0 Å². The minimum absolute atomic E-state index is 0.0290. The maximum Gasteiger partial charge on any atom is 0.320 e. The molecule has 1 aromatic carbocycles. The Hall–Kier alpha value is -3.24. The molecule has 2 saturated carbocycles. The average Bonchev–Trinajstić information content (AvgIpc) is 3.13. The molecule has 2 heterocycles. The first kappa shape index (κ1) is 26.4. The van der Waals surface area contributed by atoms with Crippen LogP contribution in [0.5, 0.6) is 5.88 Å². The summed E-state index contributed by atoms with van der Waals surface area (Å²) in [6, 6.07) is 11.8. The molecule has 0 unspecified atom stereocenters. The van der Waals surface area contributed by atoms with E-state index >= 15 is 0 Å². The van der Waals surface area contributed by atoms with E-state index in [1.807, 2.05) is 11.0 Å². The molecule has 38 heavy (non-hydrogen) atoms. The molecule has 0 radical (unpaired) electrons. The van der Waals surface area contributed by atoms with E-state index in [2.05, 4.69) is 58.5 Å². The molecule has 10 nitrogen and oxygen atoms in total. The summed E-state index contributed by atoms with van der Waals surface area (Å²) < 4.78 is 0. The molecule has 1 saturated heterocycles. The Bertz CT molecular complexity index is 1160. The third kappa shape index (κ3) is 4.94. The topological polar surface area (TPSA) is 122 Å². The van der Waals surface area contributed by atoms with E-state index in [4.69, 9.17) is 0 Å². The second kappa shape index (κ2) is 10.1. The third-order valence-electron chi connectivity index (χ3n) is 8.97. The number of anilines is 1. The number of rotatable bonds is 8. The van der Waals surface area contributed by atoms with Crippen molar-refractivity contribution in [3.63, 3.8) is 0 Å². The predicted molar refractivity (Wildman–Crippen MR) is 142 cm³/mol. The lowest BCUT2D eigenvalue weighted by Gasteiger charge is -2.52. The molecule has 2 aromatic rings. The van der Waals surface area contributed by atoms with E-state index in [1.165, 1.54) is 17.8 Å². The van der Waals surface area contributed by atoms with Gasteiger partial charge in [-0.15, -0.1) is 0 Å². The highest BCUT2D eigenvalue weighted by Gasteiger charge is 2.56. The van der Waals surface area contributed by atoms with Gasteiger partial charge >= 0.3 is 6.03 Å². The van der Waals surface area contributed by atoms with Crippen LogP contribution in [0.25, 0.3) is 0 Å². The molecule has 1 spiro atoms. The molecule has 0 atom stereocenters. The highest BCUT2D eigenvalue weighted by molar-refractivity contribution is 5.89. The Balaban J connectivity index is 1.31. The van der Waals surface area contributed by atoms with Crippen LogP contribution in [-0.2, 0) is 10.3 Å². The van der Waals surface area contributed by atoms with Crippen LogP contribution in [0.2, 0.25) is 0 Å². The maximum atomic E-state index is 13.7. The summed E-state index contributed by atoms with van der Waals surface area (Å²) in [5, 5.41) is 23.1. The Morgan fingerprint density at radius 2 is 1.79 bits per heavy atom. The van der Waals surface area contributed by atoms with Crippen LogP contribution in [-0.4, -0.2) is 91.7 Å². The molecule has 2 aliphatic carbocycles. The van der Waals surface area contributed by atoms with Crippen LogP contribution in [0, 0.1) is 0 Å². The van der Waals surface area contributed by atoms with Crippen molar-refractivity contribution in [1.82, 2.24) is 24.7 Å². The van der Waals surface area contributed by atoms with E-state index in [1.54, 1.807) is 4.90 Å². The summed E-state index contributed by atoms with van der Waals surface area (Å²) in [5.41, 5.74) is -0.0147. The summed E-state index contributed by atoms with van der Waals surface area (Å²) in [6.45, 7) is 1.14. The van der Waals surface area contributed by atoms with Gasteiger partial charge in [0.2, 0.25) is 17.7 Å². The van der Waals surface area contributed by atoms with Gasteiger partial charge < -0.3 is 20.0 Å². The van der Waals surface area contributed by atoms with Crippen molar-refractivity contribution >= 4 is 17.9 Å². The van der Waals surface area contributed by atoms with Crippen molar-refractivity contribution in [1.29, 1.82) is 0 Å². The number of nitrogens with zero attached hydrogens (tertiary/aromatic N) is 5. The Kier molecular flexibility index (Phi) is 7.04. The summed E-state index contributed by atoms with van der Waals surface area (Å²) >= 11 is 0. The first-order valence-electron chi connectivity index (χ1n) is 13.5. The molecular weight excluding hydrogens is 484 g/mol. The molecule has 3 fully saturated rings. The lowest BCUT2D eigenvalue weighted by molar-refractivity contribution is -0.116. The van der Waals surface area contributed by atoms with Crippen molar-refractivity contribution in [2.24, 2.45) is 0 Å². The second-order valence-corrected chi connectivity index (χ2v) is 11.4. The number of carbonyl (C=O) groups excluding carboxylic acids is 2. The molecule has 3 aliphatic rings. The molecular formula is C28H38N6O4. The Morgan fingerprint density at radius 1 is 1.08 bits per heavy atom. The SMILES string of the molecule is CN(C)[C@]1(c2ccccc2)CC[C@@]2(CC1)CN(CCC(=O)Nc1nccc(O)n1)C(=O)N2CC1(O)CCC1.